The van der Waals surface area contributed by atoms with E-state index in [4.69, 9.17) is 4.74 Å². The van der Waals surface area contributed by atoms with Gasteiger partial charge in [-0.15, -0.1) is 0 Å². The molecule has 1 aliphatic carbocycles. The van der Waals surface area contributed by atoms with Crippen LogP contribution < -0.4 is 4.74 Å². The van der Waals surface area contributed by atoms with Gasteiger partial charge in [-0.3, -0.25) is 4.79 Å². The zero-order chi connectivity index (χ0) is 14.8. The predicted octanol–water partition coefficient (Wildman–Crippen LogP) is 3.06. The summed E-state index contributed by atoms with van der Waals surface area (Å²) in [5.41, 5.74) is 2.83. The summed E-state index contributed by atoms with van der Waals surface area (Å²) in [5.74, 6) is 2.14. The van der Waals surface area contributed by atoms with Crippen LogP contribution in [0.25, 0.3) is 0 Å². The number of likely N-dealkylation sites (tertiary alicyclic amines) is 1. The lowest BCUT2D eigenvalue weighted by Gasteiger charge is -2.34. The zero-order valence-electron chi connectivity index (χ0n) is 13.1. The number of ether oxygens (including phenoxy) is 1. The third kappa shape index (κ3) is 3.39. The predicted molar refractivity (Wildman–Crippen MR) is 83.5 cm³/mol. The molecule has 3 heteroatoms. The van der Waals surface area contributed by atoms with Gasteiger partial charge in [0, 0.05) is 13.1 Å². The highest BCUT2D eigenvalue weighted by molar-refractivity contribution is 5.77. The molecule has 3 rings (SSSR count). The number of aryl methyl sites for hydroxylation is 2. The van der Waals surface area contributed by atoms with Crippen molar-refractivity contribution in [3.05, 3.63) is 29.3 Å². The Hall–Kier alpha value is -1.51. The monoisotopic (exact) mass is 287 g/mol. The molecule has 0 aromatic heterocycles. The number of carbonyl (C=O) groups is 1. The van der Waals surface area contributed by atoms with Crippen LogP contribution in [-0.2, 0) is 17.6 Å². The van der Waals surface area contributed by atoms with Crippen molar-refractivity contribution in [1.82, 2.24) is 4.90 Å². The third-order valence-corrected chi connectivity index (χ3v) is 4.65. The molecule has 2 unspecified atom stereocenters. The molecule has 1 fully saturated rings. The van der Waals surface area contributed by atoms with Gasteiger partial charge in [0.25, 0.3) is 5.91 Å². The van der Waals surface area contributed by atoms with Gasteiger partial charge in [-0.1, -0.05) is 19.9 Å². The van der Waals surface area contributed by atoms with Crippen LogP contribution in [-0.4, -0.2) is 30.5 Å². The second-order valence-electron chi connectivity index (χ2n) is 6.82. The van der Waals surface area contributed by atoms with Crippen LogP contribution in [0.4, 0.5) is 0 Å². The maximum atomic E-state index is 12.3. The molecule has 0 radical (unpaired) electrons. The Morgan fingerprint density at radius 1 is 1.19 bits per heavy atom. The SMILES string of the molecule is CC1CC(C)CN(C(=O)COc2ccc3c(c2)CCC3)C1. The van der Waals surface area contributed by atoms with Gasteiger partial charge in [-0.2, -0.15) is 0 Å². The summed E-state index contributed by atoms with van der Waals surface area (Å²) in [7, 11) is 0. The molecule has 2 atom stereocenters. The van der Waals surface area contributed by atoms with Crippen molar-refractivity contribution in [3.8, 4) is 5.75 Å². The number of carbonyl (C=O) groups excluding carboxylic acids is 1. The Morgan fingerprint density at radius 2 is 1.90 bits per heavy atom. The summed E-state index contributed by atoms with van der Waals surface area (Å²) >= 11 is 0. The van der Waals surface area contributed by atoms with Crippen molar-refractivity contribution in [2.24, 2.45) is 11.8 Å². The van der Waals surface area contributed by atoms with Crippen molar-refractivity contribution < 1.29 is 9.53 Å². The summed E-state index contributed by atoms with van der Waals surface area (Å²) < 4.78 is 5.73. The third-order valence-electron chi connectivity index (χ3n) is 4.65. The Kier molecular flexibility index (Phi) is 4.18. The van der Waals surface area contributed by atoms with Gasteiger partial charge < -0.3 is 9.64 Å². The number of amides is 1. The van der Waals surface area contributed by atoms with Crippen molar-refractivity contribution in [2.45, 2.75) is 39.5 Å². The van der Waals surface area contributed by atoms with Gasteiger partial charge in [0.1, 0.15) is 5.75 Å². The molecule has 114 valence electrons. The minimum absolute atomic E-state index is 0.119. The van der Waals surface area contributed by atoms with E-state index in [1.807, 2.05) is 11.0 Å². The number of fused-ring (bicyclic) bond motifs is 1. The minimum Gasteiger partial charge on any atom is -0.484 e. The summed E-state index contributed by atoms with van der Waals surface area (Å²) in [6, 6.07) is 6.25. The van der Waals surface area contributed by atoms with Crippen LogP contribution in [0, 0.1) is 11.8 Å². The van der Waals surface area contributed by atoms with Crippen LogP contribution >= 0.6 is 0 Å². The smallest absolute Gasteiger partial charge is 0.260 e. The molecular formula is C18H25NO2. The second kappa shape index (κ2) is 6.08. The van der Waals surface area contributed by atoms with E-state index >= 15 is 0 Å². The molecule has 1 heterocycles. The molecular weight excluding hydrogens is 262 g/mol. The molecule has 3 nitrogen and oxygen atoms in total. The molecule has 1 saturated heterocycles. The molecule has 1 aromatic carbocycles. The van der Waals surface area contributed by atoms with Gasteiger partial charge in [0.2, 0.25) is 0 Å². The Bertz CT molecular complexity index is 516. The van der Waals surface area contributed by atoms with Gasteiger partial charge >= 0.3 is 0 Å². The Balaban J connectivity index is 1.56. The van der Waals surface area contributed by atoms with E-state index in [1.54, 1.807) is 0 Å². The highest BCUT2D eigenvalue weighted by atomic mass is 16.5. The summed E-state index contributed by atoms with van der Waals surface area (Å²) in [6.07, 6.45) is 4.77. The van der Waals surface area contributed by atoms with Crippen LogP contribution in [0.5, 0.6) is 5.75 Å². The molecule has 21 heavy (non-hydrogen) atoms. The average Bonchev–Trinajstić information content (AvgIpc) is 2.91. The molecule has 1 amide bonds. The van der Waals surface area contributed by atoms with Crippen molar-refractivity contribution in [2.75, 3.05) is 19.7 Å². The molecule has 1 aliphatic heterocycles. The standard InChI is InChI=1S/C18H25NO2/c1-13-8-14(2)11-19(10-13)18(20)12-21-17-7-6-15-4-3-5-16(15)9-17/h6-7,9,13-14H,3-5,8,10-12H2,1-2H3. The van der Waals surface area contributed by atoms with E-state index in [0.29, 0.717) is 11.8 Å². The quantitative estimate of drug-likeness (QED) is 0.855. The Morgan fingerprint density at radius 3 is 2.67 bits per heavy atom. The average molecular weight is 287 g/mol. The number of hydrogen-bond donors (Lipinski definition) is 0. The van der Waals surface area contributed by atoms with Crippen molar-refractivity contribution in [1.29, 1.82) is 0 Å². The minimum atomic E-state index is 0.119. The van der Waals surface area contributed by atoms with E-state index in [1.165, 1.54) is 30.4 Å². The number of rotatable bonds is 3. The van der Waals surface area contributed by atoms with E-state index in [-0.39, 0.29) is 12.5 Å². The van der Waals surface area contributed by atoms with Crippen molar-refractivity contribution in [3.63, 3.8) is 0 Å². The lowest BCUT2D eigenvalue weighted by molar-refractivity contribution is -0.136. The normalized spacial score (nSPS) is 24.8. The number of piperidine rings is 1. The van der Waals surface area contributed by atoms with Crippen LogP contribution in [0.2, 0.25) is 0 Å². The van der Waals surface area contributed by atoms with Gasteiger partial charge in [0.15, 0.2) is 6.61 Å². The summed E-state index contributed by atoms with van der Waals surface area (Å²) in [4.78, 5) is 14.3. The topological polar surface area (TPSA) is 29.5 Å². The van der Waals surface area contributed by atoms with Crippen LogP contribution in [0.15, 0.2) is 18.2 Å². The zero-order valence-corrected chi connectivity index (χ0v) is 13.1. The van der Waals surface area contributed by atoms with E-state index in [9.17, 15) is 4.79 Å². The fourth-order valence-electron chi connectivity index (χ4n) is 3.74. The molecule has 0 spiro atoms. The maximum absolute atomic E-state index is 12.3. The first-order chi connectivity index (χ1) is 10.1. The van der Waals surface area contributed by atoms with Crippen LogP contribution in [0.3, 0.4) is 0 Å². The first-order valence-corrected chi connectivity index (χ1v) is 8.14. The van der Waals surface area contributed by atoms with Gasteiger partial charge in [-0.05, 0) is 60.8 Å². The molecule has 0 N–H and O–H groups in total. The second-order valence-corrected chi connectivity index (χ2v) is 6.82. The fourth-order valence-corrected chi connectivity index (χ4v) is 3.74. The number of hydrogen-bond acceptors (Lipinski definition) is 2. The lowest BCUT2D eigenvalue weighted by atomic mass is 9.92. The van der Waals surface area contributed by atoms with Crippen LogP contribution in [0.1, 0.15) is 37.8 Å². The van der Waals surface area contributed by atoms with E-state index in [2.05, 4.69) is 26.0 Å². The summed E-state index contributed by atoms with van der Waals surface area (Å²) in [6.45, 7) is 6.35. The first-order valence-electron chi connectivity index (χ1n) is 8.14. The number of benzene rings is 1. The highest BCUT2D eigenvalue weighted by Gasteiger charge is 2.25. The number of nitrogens with zero attached hydrogens (tertiary/aromatic N) is 1. The fraction of sp³-hybridized carbons (Fsp3) is 0.611. The Labute approximate surface area is 127 Å². The lowest BCUT2D eigenvalue weighted by Crippen LogP contribution is -2.44. The molecule has 0 bridgehead atoms. The molecule has 0 saturated carbocycles. The van der Waals surface area contributed by atoms with Gasteiger partial charge in [-0.25, -0.2) is 0 Å². The maximum Gasteiger partial charge on any atom is 0.260 e. The highest BCUT2D eigenvalue weighted by Crippen LogP contribution is 2.26. The summed E-state index contributed by atoms with van der Waals surface area (Å²) in [5, 5.41) is 0. The van der Waals surface area contributed by atoms with E-state index < -0.39 is 0 Å². The van der Waals surface area contributed by atoms with Crippen molar-refractivity contribution >= 4 is 5.91 Å². The van der Waals surface area contributed by atoms with Gasteiger partial charge in [0.05, 0.1) is 0 Å². The molecule has 2 aliphatic rings. The first kappa shape index (κ1) is 14.4. The van der Waals surface area contributed by atoms with E-state index in [0.717, 1.165) is 25.3 Å². The molecule has 1 aromatic rings. The largest absolute Gasteiger partial charge is 0.484 e.